The third-order valence-corrected chi connectivity index (χ3v) is 4.29. The molecule has 0 spiro atoms. The predicted molar refractivity (Wildman–Crippen MR) is 114 cm³/mol. The molecule has 0 aromatic heterocycles. The average molecular weight is 458 g/mol. The molecule has 0 bridgehead atoms. The fraction of sp³-hybridized carbons (Fsp3) is 0.579. The quantitative estimate of drug-likeness (QED) is 0.272. The molecule has 1 aliphatic rings. The number of likely N-dealkylation sites (tertiary alicyclic amines) is 1. The number of hydrogen-bond acceptors (Lipinski definition) is 2. The van der Waals surface area contributed by atoms with Gasteiger partial charge in [0.2, 0.25) is 5.91 Å². The second-order valence-corrected chi connectivity index (χ2v) is 6.30. The van der Waals surface area contributed by atoms with Gasteiger partial charge in [-0.1, -0.05) is 44.0 Å². The topological polar surface area (TPSA) is 56.7 Å². The number of carbonyl (C=O) groups excluding carboxylic acids is 1. The summed E-state index contributed by atoms with van der Waals surface area (Å²) in [7, 11) is 1.80. The van der Waals surface area contributed by atoms with E-state index in [1.807, 2.05) is 4.90 Å². The van der Waals surface area contributed by atoms with Gasteiger partial charge in [-0.3, -0.25) is 9.79 Å². The van der Waals surface area contributed by atoms with E-state index in [-0.39, 0.29) is 29.9 Å². The zero-order valence-electron chi connectivity index (χ0n) is 15.4. The minimum atomic E-state index is 0. The summed E-state index contributed by atoms with van der Waals surface area (Å²) in [6.07, 6.45) is 5.30. The first-order chi connectivity index (χ1) is 11.7. The third-order valence-electron chi connectivity index (χ3n) is 4.29. The van der Waals surface area contributed by atoms with Gasteiger partial charge in [0.15, 0.2) is 5.96 Å². The number of nitrogens with zero attached hydrogens (tertiary/aromatic N) is 2. The van der Waals surface area contributed by atoms with E-state index in [0.29, 0.717) is 6.42 Å². The zero-order chi connectivity index (χ0) is 17.2. The summed E-state index contributed by atoms with van der Waals surface area (Å²) in [5, 5.41) is 6.69. The molecular formula is C19H31IN4O. The van der Waals surface area contributed by atoms with E-state index in [2.05, 4.69) is 46.8 Å². The molecule has 0 atom stereocenters. The molecule has 0 unspecified atom stereocenters. The van der Waals surface area contributed by atoms with Crippen molar-refractivity contribution in [3.8, 4) is 0 Å². The van der Waals surface area contributed by atoms with Gasteiger partial charge in [0.1, 0.15) is 0 Å². The molecule has 1 aromatic rings. The van der Waals surface area contributed by atoms with Gasteiger partial charge in [0.25, 0.3) is 0 Å². The van der Waals surface area contributed by atoms with Gasteiger partial charge >= 0.3 is 0 Å². The lowest BCUT2D eigenvalue weighted by atomic mass is 10.1. The average Bonchev–Trinajstić information content (AvgIpc) is 2.99. The summed E-state index contributed by atoms with van der Waals surface area (Å²) >= 11 is 0. The zero-order valence-corrected chi connectivity index (χ0v) is 17.7. The smallest absolute Gasteiger partial charge is 0.222 e. The maximum Gasteiger partial charge on any atom is 0.222 e. The molecule has 1 aliphatic heterocycles. The minimum absolute atomic E-state index is 0. The van der Waals surface area contributed by atoms with Gasteiger partial charge in [-0.2, -0.15) is 0 Å². The van der Waals surface area contributed by atoms with Crippen LogP contribution in [0, 0.1) is 0 Å². The van der Waals surface area contributed by atoms with E-state index in [0.717, 1.165) is 45.0 Å². The van der Waals surface area contributed by atoms with E-state index in [9.17, 15) is 4.79 Å². The van der Waals surface area contributed by atoms with E-state index in [1.54, 1.807) is 7.05 Å². The van der Waals surface area contributed by atoms with Gasteiger partial charge in [-0.15, -0.1) is 24.0 Å². The van der Waals surface area contributed by atoms with E-state index < -0.39 is 0 Å². The Hall–Kier alpha value is -1.31. The Morgan fingerprint density at radius 2 is 2.04 bits per heavy atom. The van der Waals surface area contributed by atoms with Crippen LogP contribution in [0.1, 0.15) is 50.2 Å². The van der Waals surface area contributed by atoms with Gasteiger partial charge < -0.3 is 15.5 Å². The van der Waals surface area contributed by atoms with E-state index in [4.69, 9.17) is 0 Å². The number of guanidine groups is 1. The fourth-order valence-corrected chi connectivity index (χ4v) is 2.92. The Labute approximate surface area is 168 Å². The number of amides is 1. The summed E-state index contributed by atoms with van der Waals surface area (Å²) < 4.78 is 0. The van der Waals surface area contributed by atoms with Crippen LogP contribution in [0.15, 0.2) is 29.3 Å². The first kappa shape index (κ1) is 21.7. The number of hydrogen-bond donors (Lipinski definition) is 2. The molecule has 1 fully saturated rings. The Balaban J connectivity index is 0.00000312. The van der Waals surface area contributed by atoms with Gasteiger partial charge in [0, 0.05) is 39.6 Å². The first-order valence-corrected chi connectivity index (χ1v) is 9.03. The summed E-state index contributed by atoms with van der Waals surface area (Å²) in [4.78, 5) is 18.0. The first-order valence-electron chi connectivity index (χ1n) is 9.03. The molecule has 2 rings (SSSR count). The lowest BCUT2D eigenvalue weighted by Gasteiger charge is -2.16. The second-order valence-electron chi connectivity index (χ2n) is 6.30. The number of unbranched alkanes of at least 4 members (excludes halogenated alkanes) is 2. The van der Waals surface area contributed by atoms with Gasteiger partial charge in [0.05, 0.1) is 0 Å². The van der Waals surface area contributed by atoms with Crippen molar-refractivity contribution in [1.82, 2.24) is 15.5 Å². The third kappa shape index (κ3) is 7.63. The van der Waals surface area contributed by atoms with Crippen LogP contribution in [0.5, 0.6) is 0 Å². The molecular weight excluding hydrogens is 427 g/mol. The molecule has 1 heterocycles. The summed E-state index contributed by atoms with van der Waals surface area (Å²) in [6, 6.07) is 8.42. The van der Waals surface area contributed by atoms with Crippen LogP contribution in [-0.2, 0) is 17.9 Å². The van der Waals surface area contributed by atoms with Crippen molar-refractivity contribution in [2.75, 3.05) is 20.1 Å². The highest BCUT2D eigenvalue weighted by Gasteiger charge is 2.19. The Morgan fingerprint density at radius 3 is 2.72 bits per heavy atom. The maximum absolute atomic E-state index is 11.8. The van der Waals surface area contributed by atoms with Crippen molar-refractivity contribution >= 4 is 35.8 Å². The van der Waals surface area contributed by atoms with E-state index >= 15 is 0 Å². The minimum Gasteiger partial charge on any atom is -0.356 e. The molecule has 2 N–H and O–H groups in total. The number of benzene rings is 1. The van der Waals surface area contributed by atoms with Gasteiger partial charge in [-0.25, -0.2) is 0 Å². The highest BCUT2D eigenvalue weighted by atomic mass is 127. The molecule has 0 aliphatic carbocycles. The van der Waals surface area contributed by atoms with Crippen molar-refractivity contribution in [2.24, 2.45) is 4.99 Å². The van der Waals surface area contributed by atoms with Crippen molar-refractivity contribution in [3.05, 3.63) is 35.4 Å². The number of nitrogens with one attached hydrogen (secondary N) is 2. The Bertz CT molecular complexity index is 562. The van der Waals surface area contributed by atoms with Crippen LogP contribution in [0.2, 0.25) is 0 Å². The molecule has 1 saturated heterocycles. The predicted octanol–water partition coefficient (Wildman–Crippen LogP) is 3.28. The lowest BCUT2D eigenvalue weighted by Crippen LogP contribution is -2.37. The summed E-state index contributed by atoms with van der Waals surface area (Å²) in [5.74, 6) is 1.11. The van der Waals surface area contributed by atoms with Crippen molar-refractivity contribution in [2.45, 2.75) is 52.1 Å². The van der Waals surface area contributed by atoms with E-state index in [1.165, 1.54) is 24.0 Å². The standard InChI is InChI=1S/C19H30N4O.HI/c1-3-4-5-11-21-19(20-2)22-14-16-8-6-9-17(13-16)15-23-12-7-10-18(23)24;/h6,8-9,13H,3-5,7,10-12,14-15H2,1-2H3,(H2,20,21,22);1H. The van der Waals surface area contributed by atoms with Crippen LogP contribution in [0.3, 0.4) is 0 Å². The monoisotopic (exact) mass is 458 g/mol. The molecule has 0 saturated carbocycles. The van der Waals surface area contributed by atoms with Crippen LogP contribution in [-0.4, -0.2) is 36.9 Å². The highest BCUT2D eigenvalue weighted by molar-refractivity contribution is 14.0. The largest absolute Gasteiger partial charge is 0.356 e. The lowest BCUT2D eigenvalue weighted by molar-refractivity contribution is -0.128. The Kier molecular flexibility index (Phi) is 10.5. The van der Waals surface area contributed by atoms with Gasteiger partial charge in [-0.05, 0) is 24.0 Å². The summed E-state index contributed by atoms with van der Waals surface area (Å²) in [5.41, 5.74) is 2.39. The normalized spacial score (nSPS) is 14.4. The number of carbonyl (C=O) groups is 1. The van der Waals surface area contributed by atoms with Crippen LogP contribution in [0.25, 0.3) is 0 Å². The number of halogens is 1. The number of aliphatic imine (C=N–C) groups is 1. The Morgan fingerprint density at radius 1 is 1.24 bits per heavy atom. The molecule has 5 nitrogen and oxygen atoms in total. The summed E-state index contributed by atoms with van der Waals surface area (Å²) in [6.45, 7) is 5.49. The number of rotatable bonds is 8. The fourth-order valence-electron chi connectivity index (χ4n) is 2.92. The molecule has 6 heteroatoms. The molecule has 25 heavy (non-hydrogen) atoms. The second kappa shape index (κ2) is 12.1. The highest BCUT2D eigenvalue weighted by Crippen LogP contribution is 2.15. The molecule has 140 valence electrons. The molecule has 1 aromatic carbocycles. The van der Waals surface area contributed by atoms with Crippen LogP contribution < -0.4 is 10.6 Å². The molecule has 0 radical (unpaired) electrons. The van der Waals surface area contributed by atoms with Crippen molar-refractivity contribution in [1.29, 1.82) is 0 Å². The molecule has 1 amide bonds. The van der Waals surface area contributed by atoms with Crippen molar-refractivity contribution in [3.63, 3.8) is 0 Å². The van der Waals surface area contributed by atoms with Crippen LogP contribution >= 0.6 is 24.0 Å². The van der Waals surface area contributed by atoms with Crippen molar-refractivity contribution < 1.29 is 4.79 Å². The SMILES string of the molecule is CCCCCNC(=NC)NCc1cccc(CN2CCCC2=O)c1.I. The maximum atomic E-state index is 11.8. The van der Waals surface area contributed by atoms with Crippen LogP contribution in [0.4, 0.5) is 0 Å².